The first-order chi connectivity index (χ1) is 10.2. The van der Waals surface area contributed by atoms with Crippen LogP contribution in [0.15, 0.2) is 24.3 Å². The molecule has 1 aromatic heterocycles. The van der Waals surface area contributed by atoms with E-state index < -0.39 is 0 Å². The van der Waals surface area contributed by atoms with Gasteiger partial charge in [0.1, 0.15) is 5.01 Å². The molecular formula is C17H21N3S. The summed E-state index contributed by atoms with van der Waals surface area (Å²) in [5.41, 5.74) is 4.03. The number of nitrogens with zero attached hydrogens (tertiary/aromatic N) is 2. The van der Waals surface area contributed by atoms with Gasteiger partial charge in [0, 0.05) is 43.0 Å². The Morgan fingerprint density at radius 1 is 1.19 bits per heavy atom. The predicted octanol–water partition coefficient (Wildman–Crippen LogP) is 2.85. The molecule has 0 unspecified atom stereocenters. The SMILES string of the molecule is CC(C)(c1nc2c(s1)Cc1ccccc1-2)N1CCNCC1. The summed E-state index contributed by atoms with van der Waals surface area (Å²) in [5, 5.41) is 4.70. The fraction of sp³-hybridized carbons (Fsp3) is 0.471. The standard InChI is InChI=1S/C17H21N3S/c1-17(2,20-9-7-18-8-10-20)16-19-15-13-6-4-3-5-12(13)11-14(15)21-16/h3-6,18H,7-11H2,1-2H3. The molecule has 0 amide bonds. The Bertz CT molecular complexity index is 668. The van der Waals surface area contributed by atoms with E-state index in [9.17, 15) is 0 Å². The molecule has 1 saturated heterocycles. The van der Waals surface area contributed by atoms with Gasteiger partial charge in [0.25, 0.3) is 0 Å². The van der Waals surface area contributed by atoms with Gasteiger partial charge in [-0.15, -0.1) is 11.3 Å². The number of aromatic nitrogens is 1. The monoisotopic (exact) mass is 299 g/mol. The molecule has 4 rings (SSSR count). The van der Waals surface area contributed by atoms with Crippen LogP contribution in [0, 0.1) is 0 Å². The Morgan fingerprint density at radius 2 is 1.95 bits per heavy atom. The van der Waals surface area contributed by atoms with E-state index in [-0.39, 0.29) is 5.54 Å². The molecule has 0 saturated carbocycles. The number of hydrogen-bond donors (Lipinski definition) is 1. The summed E-state index contributed by atoms with van der Waals surface area (Å²) in [7, 11) is 0. The van der Waals surface area contributed by atoms with E-state index in [0.717, 1.165) is 32.6 Å². The van der Waals surface area contributed by atoms with E-state index >= 15 is 0 Å². The number of thiazole rings is 1. The third kappa shape index (κ3) is 2.13. The molecule has 0 bridgehead atoms. The largest absolute Gasteiger partial charge is 0.314 e. The third-order valence-electron chi connectivity index (χ3n) is 4.75. The third-order valence-corrected chi connectivity index (χ3v) is 6.12. The number of benzene rings is 1. The molecule has 110 valence electrons. The molecule has 2 aliphatic rings. The van der Waals surface area contributed by atoms with Gasteiger partial charge in [-0.1, -0.05) is 24.3 Å². The lowest BCUT2D eigenvalue weighted by molar-refractivity contribution is 0.102. The average molecular weight is 299 g/mol. The number of nitrogens with one attached hydrogen (secondary N) is 1. The summed E-state index contributed by atoms with van der Waals surface area (Å²) >= 11 is 1.91. The van der Waals surface area contributed by atoms with Crippen LogP contribution in [0.5, 0.6) is 0 Å². The molecule has 1 aromatic carbocycles. The van der Waals surface area contributed by atoms with Crippen molar-refractivity contribution in [2.75, 3.05) is 26.2 Å². The zero-order valence-electron chi connectivity index (χ0n) is 12.6. The minimum Gasteiger partial charge on any atom is -0.314 e. The highest BCUT2D eigenvalue weighted by Crippen LogP contribution is 2.42. The minimum atomic E-state index is 0.0338. The summed E-state index contributed by atoms with van der Waals surface area (Å²) in [6.45, 7) is 9.01. The van der Waals surface area contributed by atoms with Crippen molar-refractivity contribution in [3.05, 3.63) is 39.7 Å². The maximum Gasteiger partial charge on any atom is 0.113 e. The van der Waals surface area contributed by atoms with Crippen molar-refractivity contribution in [1.82, 2.24) is 15.2 Å². The number of fused-ring (bicyclic) bond motifs is 3. The highest BCUT2D eigenvalue weighted by Gasteiger charge is 2.35. The van der Waals surface area contributed by atoms with E-state index in [1.807, 2.05) is 11.3 Å². The molecule has 21 heavy (non-hydrogen) atoms. The average Bonchev–Trinajstić information content (AvgIpc) is 3.06. The fourth-order valence-electron chi connectivity index (χ4n) is 3.38. The van der Waals surface area contributed by atoms with Gasteiger partial charge < -0.3 is 5.32 Å². The highest BCUT2D eigenvalue weighted by atomic mass is 32.1. The zero-order valence-corrected chi connectivity index (χ0v) is 13.5. The van der Waals surface area contributed by atoms with Crippen molar-refractivity contribution >= 4 is 11.3 Å². The second-order valence-corrected chi connectivity index (χ2v) is 7.50. The smallest absolute Gasteiger partial charge is 0.113 e. The molecule has 1 aliphatic heterocycles. The summed E-state index contributed by atoms with van der Waals surface area (Å²) in [5.74, 6) is 0. The van der Waals surface area contributed by atoms with Gasteiger partial charge in [0.15, 0.2) is 0 Å². The first-order valence-electron chi connectivity index (χ1n) is 7.70. The normalized spacial score (nSPS) is 18.6. The van der Waals surface area contributed by atoms with Crippen molar-refractivity contribution in [3.63, 3.8) is 0 Å². The van der Waals surface area contributed by atoms with Gasteiger partial charge in [-0.2, -0.15) is 0 Å². The van der Waals surface area contributed by atoms with Crippen LogP contribution < -0.4 is 5.32 Å². The Hall–Kier alpha value is -1.23. The molecule has 1 fully saturated rings. The van der Waals surface area contributed by atoms with Crippen molar-refractivity contribution in [2.24, 2.45) is 0 Å². The maximum atomic E-state index is 5.04. The number of hydrogen-bond acceptors (Lipinski definition) is 4. The van der Waals surface area contributed by atoms with Crippen LogP contribution in [0.4, 0.5) is 0 Å². The molecule has 0 radical (unpaired) electrons. The number of piperazine rings is 1. The Balaban J connectivity index is 1.69. The zero-order chi connectivity index (χ0) is 14.4. The second kappa shape index (κ2) is 4.90. The van der Waals surface area contributed by atoms with Crippen molar-refractivity contribution in [2.45, 2.75) is 25.8 Å². The summed E-state index contributed by atoms with van der Waals surface area (Å²) in [6.07, 6.45) is 1.06. The summed E-state index contributed by atoms with van der Waals surface area (Å²) < 4.78 is 0. The highest BCUT2D eigenvalue weighted by molar-refractivity contribution is 7.12. The molecule has 2 aromatic rings. The van der Waals surface area contributed by atoms with E-state index in [0.29, 0.717) is 0 Å². The second-order valence-electron chi connectivity index (χ2n) is 6.42. The molecule has 1 N–H and O–H groups in total. The molecule has 2 heterocycles. The van der Waals surface area contributed by atoms with Gasteiger partial charge in [-0.25, -0.2) is 4.98 Å². The van der Waals surface area contributed by atoms with E-state index in [4.69, 9.17) is 4.98 Å². The maximum absolute atomic E-state index is 5.04. The van der Waals surface area contributed by atoms with Crippen molar-refractivity contribution in [3.8, 4) is 11.3 Å². The van der Waals surface area contributed by atoms with Crippen molar-refractivity contribution < 1.29 is 0 Å². The van der Waals surface area contributed by atoms with Crippen molar-refractivity contribution in [1.29, 1.82) is 0 Å². The number of rotatable bonds is 2. The Labute approximate surface area is 130 Å². The molecule has 4 heteroatoms. The summed E-state index contributed by atoms with van der Waals surface area (Å²) in [6, 6.07) is 8.68. The minimum absolute atomic E-state index is 0.0338. The fourth-order valence-corrected chi connectivity index (χ4v) is 4.61. The lowest BCUT2D eigenvalue weighted by atomic mass is 10.0. The van der Waals surface area contributed by atoms with Crippen LogP contribution in [0.1, 0.15) is 29.3 Å². The van der Waals surface area contributed by atoms with Gasteiger partial charge >= 0.3 is 0 Å². The molecule has 3 nitrogen and oxygen atoms in total. The quantitative estimate of drug-likeness (QED) is 0.788. The topological polar surface area (TPSA) is 28.2 Å². The summed E-state index contributed by atoms with van der Waals surface area (Å²) in [4.78, 5) is 9.03. The molecule has 0 atom stereocenters. The van der Waals surface area contributed by atoms with Crippen LogP contribution in [0.25, 0.3) is 11.3 Å². The molecule has 1 aliphatic carbocycles. The van der Waals surface area contributed by atoms with Crippen LogP contribution in [-0.2, 0) is 12.0 Å². The van der Waals surface area contributed by atoms with E-state index in [1.54, 1.807) is 0 Å². The molecular weight excluding hydrogens is 278 g/mol. The van der Waals surface area contributed by atoms with Gasteiger partial charge in [-0.05, 0) is 19.4 Å². The Kier molecular flexibility index (Phi) is 3.14. The Morgan fingerprint density at radius 3 is 2.76 bits per heavy atom. The lowest BCUT2D eigenvalue weighted by Gasteiger charge is -2.39. The van der Waals surface area contributed by atoms with E-state index in [1.165, 1.54) is 26.7 Å². The van der Waals surface area contributed by atoms with Crippen LogP contribution >= 0.6 is 11.3 Å². The van der Waals surface area contributed by atoms with Crippen LogP contribution in [0.2, 0.25) is 0 Å². The predicted molar refractivity (Wildman–Crippen MR) is 87.8 cm³/mol. The van der Waals surface area contributed by atoms with E-state index in [2.05, 4.69) is 48.3 Å². The lowest BCUT2D eigenvalue weighted by Crippen LogP contribution is -2.51. The first kappa shape index (κ1) is 13.4. The van der Waals surface area contributed by atoms with Crippen LogP contribution in [0.3, 0.4) is 0 Å². The van der Waals surface area contributed by atoms with Gasteiger partial charge in [0.05, 0.1) is 11.2 Å². The van der Waals surface area contributed by atoms with Crippen LogP contribution in [-0.4, -0.2) is 36.1 Å². The van der Waals surface area contributed by atoms with Gasteiger partial charge in [-0.3, -0.25) is 4.90 Å². The molecule has 0 spiro atoms. The van der Waals surface area contributed by atoms with Gasteiger partial charge in [0.2, 0.25) is 0 Å². The first-order valence-corrected chi connectivity index (χ1v) is 8.52.